The van der Waals surface area contributed by atoms with E-state index in [-0.39, 0.29) is 11.3 Å². The molecule has 0 unspecified atom stereocenters. The van der Waals surface area contributed by atoms with E-state index in [1.807, 2.05) is 29.0 Å². The van der Waals surface area contributed by atoms with Crippen LogP contribution >= 0.6 is 11.3 Å². The predicted octanol–water partition coefficient (Wildman–Crippen LogP) is 2.90. The summed E-state index contributed by atoms with van der Waals surface area (Å²) >= 11 is 1.49. The summed E-state index contributed by atoms with van der Waals surface area (Å²) in [5, 5.41) is 6.75. The summed E-state index contributed by atoms with van der Waals surface area (Å²) in [5.41, 5.74) is 3.62. The molecule has 5 nitrogen and oxygen atoms in total. The summed E-state index contributed by atoms with van der Waals surface area (Å²) < 4.78 is 0. The van der Waals surface area contributed by atoms with Gasteiger partial charge in [0.25, 0.3) is 5.56 Å². The van der Waals surface area contributed by atoms with Crippen molar-refractivity contribution in [2.24, 2.45) is 0 Å². The van der Waals surface area contributed by atoms with Crippen LogP contribution in [-0.2, 0) is 0 Å². The average molecular weight is 325 g/mol. The van der Waals surface area contributed by atoms with E-state index in [0.717, 1.165) is 16.6 Å². The van der Waals surface area contributed by atoms with Crippen LogP contribution < -0.4 is 10.9 Å². The molecule has 3 aromatic rings. The number of hydrogen-bond donors (Lipinski definition) is 2. The summed E-state index contributed by atoms with van der Waals surface area (Å²) in [6.45, 7) is 1.53. The lowest BCUT2D eigenvalue weighted by atomic mass is 10.1. The molecule has 0 aliphatic carbocycles. The average Bonchev–Trinajstić information content (AvgIpc) is 2.99. The van der Waals surface area contributed by atoms with Crippen molar-refractivity contribution in [3.8, 4) is 0 Å². The van der Waals surface area contributed by atoms with Crippen LogP contribution in [0.2, 0.25) is 0 Å². The van der Waals surface area contributed by atoms with E-state index in [0.29, 0.717) is 17.0 Å². The molecule has 0 spiro atoms. The van der Waals surface area contributed by atoms with Crippen molar-refractivity contribution >= 4 is 39.9 Å². The molecule has 2 heterocycles. The van der Waals surface area contributed by atoms with Gasteiger partial charge in [-0.1, -0.05) is 18.2 Å². The van der Waals surface area contributed by atoms with Crippen LogP contribution in [0, 0.1) is 0 Å². The van der Waals surface area contributed by atoms with E-state index in [1.165, 1.54) is 18.3 Å². The molecule has 0 aliphatic heterocycles. The van der Waals surface area contributed by atoms with Gasteiger partial charge in [0.15, 0.2) is 11.5 Å². The smallest absolute Gasteiger partial charge is 0.276 e. The molecular formula is C17H15N3O2S. The maximum atomic E-state index is 12.2. The number of thiophene rings is 1. The van der Waals surface area contributed by atoms with Gasteiger partial charge in [0.1, 0.15) is 0 Å². The highest BCUT2D eigenvalue weighted by Crippen LogP contribution is 2.17. The van der Waals surface area contributed by atoms with Crippen molar-refractivity contribution in [2.75, 3.05) is 7.05 Å². The summed E-state index contributed by atoms with van der Waals surface area (Å²) in [6, 6.07) is 7.24. The molecule has 1 aromatic carbocycles. The Hall–Kier alpha value is -2.73. The fourth-order valence-corrected chi connectivity index (χ4v) is 2.97. The molecule has 23 heavy (non-hydrogen) atoms. The first-order valence-corrected chi connectivity index (χ1v) is 8.00. The van der Waals surface area contributed by atoms with Gasteiger partial charge in [0, 0.05) is 23.4 Å². The van der Waals surface area contributed by atoms with Crippen molar-refractivity contribution in [1.29, 1.82) is 0 Å². The number of rotatable bonds is 4. The van der Waals surface area contributed by atoms with Gasteiger partial charge in [-0.05, 0) is 24.6 Å². The molecule has 0 radical (unpaired) electrons. The highest BCUT2D eigenvalue weighted by Gasteiger charge is 2.10. The Morgan fingerprint density at radius 1 is 1.35 bits per heavy atom. The maximum Gasteiger partial charge on any atom is 0.276 e. The largest absolute Gasteiger partial charge is 0.386 e. The number of carbonyl (C=O) groups excluding carboxylic acids is 1. The Morgan fingerprint density at radius 2 is 2.17 bits per heavy atom. The number of aromatic amines is 1. The van der Waals surface area contributed by atoms with Gasteiger partial charge >= 0.3 is 0 Å². The number of benzene rings is 1. The number of nitrogens with zero attached hydrogens (tertiary/aromatic N) is 1. The third-order valence-corrected chi connectivity index (χ3v) is 4.20. The predicted molar refractivity (Wildman–Crippen MR) is 93.6 cm³/mol. The highest BCUT2D eigenvalue weighted by molar-refractivity contribution is 7.09. The third kappa shape index (κ3) is 3.07. The van der Waals surface area contributed by atoms with Crippen molar-refractivity contribution in [3.05, 3.63) is 62.2 Å². The van der Waals surface area contributed by atoms with E-state index in [1.54, 1.807) is 19.2 Å². The summed E-state index contributed by atoms with van der Waals surface area (Å²) in [6.07, 6.45) is 1.81. The SMILES string of the molecule is CN/C(=C\c1cccc(C(C)=O)c1)c1nc2cscc2[nH]c1=O. The number of fused-ring (bicyclic) bond motifs is 1. The first kappa shape index (κ1) is 15.2. The molecule has 116 valence electrons. The topological polar surface area (TPSA) is 74.8 Å². The first-order valence-electron chi connectivity index (χ1n) is 7.05. The zero-order valence-electron chi connectivity index (χ0n) is 12.7. The quantitative estimate of drug-likeness (QED) is 0.723. The molecule has 0 amide bonds. The van der Waals surface area contributed by atoms with Crippen LogP contribution in [-0.4, -0.2) is 22.8 Å². The van der Waals surface area contributed by atoms with Crippen molar-refractivity contribution in [3.63, 3.8) is 0 Å². The molecule has 2 aromatic heterocycles. The molecule has 2 N–H and O–H groups in total. The molecule has 0 bridgehead atoms. The standard InChI is InChI=1S/C17H15N3O2S/c1-10(21)12-5-3-4-11(6-12)7-13(18-2)16-17(22)20-15-9-23-8-14(15)19-16/h3-9,18H,1-2H3,(H,20,22)/b13-7-. The Morgan fingerprint density at radius 3 is 2.91 bits per heavy atom. The van der Waals surface area contributed by atoms with Gasteiger partial charge in [-0.15, -0.1) is 11.3 Å². The lowest BCUT2D eigenvalue weighted by Gasteiger charge is -2.06. The van der Waals surface area contributed by atoms with Gasteiger partial charge in [0.2, 0.25) is 0 Å². The van der Waals surface area contributed by atoms with Crippen LogP contribution in [0.1, 0.15) is 28.5 Å². The molecular weight excluding hydrogens is 310 g/mol. The molecule has 6 heteroatoms. The van der Waals surface area contributed by atoms with E-state index in [2.05, 4.69) is 15.3 Å². The van der Waals surface area contributed by atoms with Gasteiger partial charge < -0.3 is 10.3 Å². The van der Waals surface area contributed by atoms with Gasteiger partial charge in [-0.2, -0.15) is 0 Å². The number of carbonyl (C=O) groups is 1. The summed E-state index contributed by atoms with van der Waals surface area (Å²) in [4.78, 5) is 31.0. The monoisotopic (exact) mass is 325 g/mol. The maximum absolute atomic E-state index is 12.2. The molecule has 0 atom stereocenters. The zero-order valence-corrected chi connectivity index (χ0v) is 13.5. The van der Waals surface area contributed by atoms with Crippen LogP contribution in [0.25, 0.3) is 22.8 Å². The van der Waals surface area contributed by atoms with Crippen LogP contribution in [0.15, 0.2) is 39.8 Å². The second kappa shape index (κ2) is 6.18. The fourth-order valence-electron chi connectivity index (χ4n) is 2.28. The minimum atomic E-state index is -0.251. The lowest BCUT2D eigenvalue weighted by Crippen LogP contribution is -2.19. The molecule has 3 rings (SSSR count). The number of H-pyrrole nitrogens is 1. The number of nitrogens with one attached hydrogen (secondary N) is 2. The van der Waals surface area contributed by atoms with Gasteiger partial charge in [-0.25, -0.2) is 4.98 Å². The van der Waals surface area contributed by atoms with Crippen molar-refractivity contribution in [1.82, 2.24) is 15.3 Å². The van der Waals surface area contributed by atoms with Crippen LogP contribution in [0.3, 0.4) is 0 Å². The van der Waals surface area contributed by atoms with Crippen LogP contribution in [0.5, 0.6) is 0 Å². The number of ketones is 1. The Labute approximate surface area is 136 Å². The van der Waals surface area contributed by atoms with Crippen LogP contribution in [0.4, 0.5) is 0 Å². The zero-order chi connectivity index (χ0) is 16.4. The second-order valence-corrected chi connectivity index (χ2v) is 5.82. The van der Waals surface area contributed by atoms with E-state index in [9.17, 15) is 9.59 Å². The molecule has 0 saturated heterocycles. The lowest BCUT2D eigenvalue weighted by molar-refractivity contribution is 0.101. The minimum absolute atomic E-state index is 0.00178. The third-order valence-electron chi connectivity index (χ3n) is 3.47. The Bertz CT molecular complexity index is 969. The summed E-state index contributed by atoms with van der Waals surface area (Å²) in [7, 11) is 1.74. The molecule has 0 aliphatic rings. The molecule has 0 fully saturated rings. The van der Waals surface area contributed by atoms with E-state index < -0.39 is 0 Å². The number of aromatic nitrogens is 2. The number of hydrogen-bond acceptors (Lipinski definition) is 5. The second-order valence-electron chi connectivity index (χ2n) is 5.07. The van der Waals surface area contributed by atoms with Gasteiger partial charge in [-0.3, -0.25) is 9.59 Å². The van der Waals surface area contributed by atoms with Crippen molar-refractivity contribution < 1.29 is 4.79 Å². The Kier molecular flexibility index (Phi) is 4.08. The fraction of sp³-hybridized carbons (Fsp3) is 0.118. The van der Waals surface area contributed by atoms with Gasteiger partial charge in [0.05, 0.1) is 16.7 Å². The summed E-state index contributed by atoms with van der Waals surface area (Å²) in [5.74, 6) is 0.00178. The molecule has 0 saturated carbocycles. The van der Waals surface area contributed by atoms with E-state index in [4.69, 9.17) is 0 Å². The Balaban J connectivity index is 2.10. The van der Waals surface area contributed by atoms with Crippen molar-refractivity contribution in [2.45, 2.75) is 6.92 Å². The highest BCUT2D eigenvalue weighted by atomic mass is 32.1. The number of Topliss-reactive ketones (excluding diaryl/α,β-unsaturated/α-hetero) is 1. The first-order chi connectivity index (χ1) is 11.1. The minimum Gasteiger partial charge on any atom is -0.386 e. The van der Waals surface area contributed by atoms with E-state index >= 15 is 0 Å². The normalized spacial score (nSPS) is 11.7.